The van der Waals surface area contributed by atoms with Crippen molar-refractivity contribution >= 4 is 53.2 Å². The fourth-order valence-electron chi connectivity index (χ4n) is 7.17. The van der Waals surface area contributed by atoms with Gasteiger partial charge in [-0.3, -0.25) is 38.4 Å². The van der Waals surface area contributed by atoms with Crippen molar-refractivity contribution in [3.05, 3.63) is 95.9 Å². The van der Waals surface area contributed by atoms with E-state index in [1.165, 1.54) is 13.2 Å². The highest BCUT2D eigenvalue weighted by Gasteiger charge is 2.36. The maximum Gasteiger partial charge on any atom is 0.326 e. The average molecular weight is 946 g/mol. The van der Waals surface area contributed by atoms with Gasteiger partial charge in [0.25, 0.3) is 0 Å². The lowest BCUT2D eigenvalue weighted by Crippen LogP contribution is -2.61. The number of carboxylic acid groups (broad SMARTS) is 1. The van der Waals surface area contributed by atoms with Crippen LogP contribution in [-0.4, -0.2) is 107 Å². The lowest BCUT2D eigenvalue weighted by Gasteiger charge is -2.28. The van der Waals surface area contributed by atoms with Crippen LogP contribution in [0.15, 0.2) is 83.5 Å². The summed E-state index contributed by atoms with van der Waals surface area (Å²) in [6, 6.07) is 11.3. The van der Waals surface area contributed by atoms with Gasteiger partial charge in [0.15, 0.2) is 0 Å². The molecule has 68 heavy (non-hydrogen) atoms. The number of hydrogen-bond donors (Lipinski definition) is 10. The third-order valence-corrected chi connectivity index (χ3v) is 11.2. The summed E-state index contributed by atoms with van der Waals surface area (Å²) in [6.45, 7) is 8.33. The minimum absolute atomic E-state index is 0.00533. The van der Waals surface area contributed by atoms with Gasteiger partial charge < -0.3 is 58.2 Å². The first-order valence-electron chi connectivity index (χ1n) is 22.7. The second-order valence-electron chi connectivity index (χ2n) is 17.1. The molecule has 0 spiro atoms. The van der Waals surface area contributed by atoms with E-state index < -0.39 is 108 Å². The topological polar surface area (TPSA) is 323 Å². The number of carbonyl (C=O) groups is 9. The second kappa shape index (κ2) is 28.2. The molecule has 0 saturated carbocycles. The first kappa shape index (κ1) is 55.2. The Morgan fingerprint density at radius 1 is 0.574 bits per heavy atom. The summed E-state index contributed by atoms with van der Waals surface area (Å²) >= 11 is 0. The van der Waals surface area contributed by atoms with Crippen molar-refractivity contribution in [2.75, 3.05) is 6.54 Å². The number of benzene rings is 2. The molecule has 12 N–H and O–H groups in total. The van der Waals surface area contributed by atoms with Crippen molar-refractivity contribution in [2.45, 2.75) is 128 Å². The smallest absolute Gasteiger partial charge is 0.326 e. The van der Waals surface area contributed by atoms with Crippen molar-refractivity contribution < 1.29 is 52.7 Å². The van der Waals surface area contributed by atoms with Gasteiger partial charge in [-0.25, -0.2) is 4.79 Å². The summed E-state index contributed by atoms with van der Waals surface area (Å²) in [5.74, 6) is -8.17. The summed E-state index contributed by atoms with van der Waals surface area (Å²) in [4.78, 5) is 120. The number of rotatable bonds is 29. The number of aliphatic carboxylic acids is 1. The first-order chi connectivity index (χ1) is 32.3. The molecule has 1 heterocycles. The van der Waals surface area contributed by atoms with E-state index >= 15 is 0 Å². The summed E-state index contributed by atoms with van der Waals surface area (Å²) < 4.78 is 5.50. The van der Waals surface area contributed by atoms with Crippen LogP contribution in [0.25, 0.3) is 0 Å². The van der Waals surface area contributed by atoms with Gasteiger partial charge in [0.05, 0.1) is 12.7 Å². The van der Waals surface area contributed by atoms with Crippen LogP contribution in [0.2, 0.25) is 0 Å². The number of carbonyl (C=O) groups excluding carboxylic acids is 8. The zero-order valence-electron chi connectivity index (χ0n) is 39.3. The predicted molar refractivity (Wildman–Crippen MR) is 251 cm³/mol. The Kier molecular flexibility index (Phi) is 22.9. The van der Waals surface area contributed by atoms with Gasteiger partial charge in [0.2, 0.25) is 47.3 Å². The number of primary amides is 1. The van der Waals surface area contributed by atoms with Crippen molar-refractivity contribution in [1.82, 2.24) is 37.2 Å². The second-order valence-corrected chi connectivity index (χ2v) is 17.1. The van der Waals surface area contributed by atoms with Gasteiger partial charge in [-0.15, -0.1) is 0 Å². The standard InChI is InChI=1S/C48H67N9O11/c1-6-29(4)41(48(66)67)57-46(64)38(27-39(50)59)55-42(60)34(21-13-14-22-49)52-43(61)35(24-31-16-9-7-10-17-31)53-44(62)36(25-32-18-11-8-12-19-32)54-45(63)37(26-33-20-15-23-68-33)56-47(65)40(28(2)3)51-30(5)58/h7-12,15-20,23,28-29,34-38,40-41H,6,13-14,21-22,24-27,49H2,1-5H3,(H2,50,59)(H,51,58)(H,52,61)(H,53,62)(H,54,63)(H,55,60)(H,56,65)(H,57,64)(H,66,67)/t29-,34-,35-,36-,37-,38-,40-,41-/m0/s1. The maximum atomic E-state index is 14.5. The molecule has 3 rings (SSSR count). The largest absolute Gasteiger partial charge is 0.480 e. The van der Waals surface area contributed by atoms with Gasteiger partial charge in [-0.1, -0.05) is 94.8 Å². The average Bonchev–Trinajstić information content (AvgIpc) is 3.81. The van der Waals surface area contributed by atoms with E-state index in [1.807, 2.05) is 0 Å². The minimum Gasteiger partial charge on any atom is -0.480 e. The quantitative estimate of drug-likeness (QED) is 0.0426. The van der Waals surface area contributed by atoms with Crippen LogP contribution in [-0.2, 0) is 62.4 Å². The lowest BCUT2D eigenvalue weighted by atomic mass is 9.98. The van der Waals surface area contributed by atoms with Crippen LogP contribution < -0.4 is 48.7 Å². The molecule has 0 aliphatic heterocycles. The Morgan fingerprint density at radius 2 is 1.04 bits per heavy atom. The molecular weight excluding hydrogens is 879 g/mol. The zero-order chi connectivity index (χ0) is 50.3. The Hall–Kier alpha value is -7.09. The SMILES string of the molecule is CC[C@H](C)[C@H](NC(=O)[C@H](CC(N)=O)NC(=O)[C@H](CCCCN)NC(=O)[C@H](Cc1ccccc1)NC(=O)[C@H](Cc1ccccc1)NC(=O)[C@H](Cc1ccco1)NC(=O)[C@@H](NC(C)=O)C(C)C)C(=O)O. The van der Waals surface area contributed by atoms with Crippen LogP contribution in [0, 0.1) is 11.8 Å². The van der Waals surface area contributed by atoms with E-state index in [0.29, 0.717) is 36.1 Å². The molecule has 2 aromatic carbocycles. The maximum absolute atomic E-state index is 14.5. The Morgan fingerprint density at radius 3 is 1.49 bits per heavy atom. The van der Waals surface area contributed by atoms with E-state index in [9.17, 15) is 48.3 Å². The molecule has 0 bridgehead atoms. The summed E-state index contributed by atoms with van der Waals surface area (Å²) in [5.41, 5.74) is 12.4. The van der Waals surface area contributed by atoms with E-state index in [2.05, 4.69) is 37.2 Å². The van der Waals surface area contributed by atoms with Crippen LogP contribution in [0.4, 0.5) is 0 Å². The fraction of sp³-hybridized carbons (Fsp3) is 0.479. The predicted octanol–water partition coefficient (Wildman–Crippen LogP) is 0.512. The van der Waals surface area contributed by atoms with Crippen molar-refractivity contribution in [3.8, 4) is 0 Å². The fourth-order valence-corrected chi connectivity index (χ4v) is 7.17. The van der Waals surface area contributed by atoms with Gasteiger partial charge in [0, 0.05) is 26.2 Å². The number of amides is 8. The van der Waals surface area contributed by atoms with E-state index in [-0.39, 0.29) is 38.1 Å². The molecule has 8 amide bonds. The molecule has 0 saturated heterocycles. The molecule has 370 valence electrons. The number of nitrogens with two attached hydrogens (primary N) is 2. The molecule has 1 aromatic heterocycles. The van der Waals surface area contributed by atoms with E-state index in [1.54, 1.807) is 100 Å². The number of hydrogen-bond acceptors (Lipinski definition) is 11. The molecule has 3 aromatic rings. The first-order valence-corrected chi connectivity index (χ1v) is 22.7. The number of nitrogens with one attached hydrogen (secondary N) is 7. The van der Waals surface area contributed by atoms with Crippen molar-refractivity contribution in [2.24, 2.45) is 23.3 Å². The summed E-state index contributed by atoms with van der Waals surface area (Å²) in [6.07, 6.45) is 1.61. The number of carboxylic acids is 1. The number of unbranched alkanes of at least 4 members (excludes halogenated alkanes) is 1. The zero-order valence-corrected chi connectivity index (χ0v) is 39.3. The molecule has 0 fully saturated rings. The molecule has 0 aliphatic carbocycles. The molecule has 20 heteroatoms. The van der Waals surface area contributed by atoms with Crippen LogP contribution >= 0.6 is 0 Å². The molecule has 20 nitrogen and oxygen atoms in total. The Balaban J connectivity index is 1.99. The molecule has 0 aliphatic rings. The third-order valence-electron chi connectivity index (χ3n) is 11.2. The molecule has 0 radical (unpaired) electrons. The van der Waals surface area contributed by atoms with Gasteiger partial charge in [-0.2, -0.15) is 0 Å². The van der Waals surface area contributed by atoms with Crippen molar-refractivity contribution in [1.29, 1.82) is 0 Å². The summed E-state index contributed by atoms with van der Waals surface area (Å²) in [5, 5.41) is 28.1. The lowest BCUT2D eigenvalue weighted by molar-refractivity contribution is -0.144. The van der Waals surface area contributed by atoms with Crippen LogP contribution in [0.1, 0.15) is 83.6 Å². The Bertz CT molecular complexity index is 2140. The molecule has 0 unspecified atom stereocenters. The Labute approximate surface area is 396 Å². The highest BCUT2D eigenvalue weighted by Crippen LogP contribution is 2.13. The highest BCUT2D eigenvalue weighted by atomic mass is 16.4. The van der Waals surface area contributed by atoms with Crippen LogP contribution in [0.3, 0.4) is 0 Å². The molecular formula is C48H67N9O11. The van der Waals surface area contributed by atoms with Crippen LogP contribution in [0.5, 0.6) is 0 Å². The summed E-state index contributed by atoms with van der Waals surface area (Å²) in [7, 11) is 0. The minimum atomic E-state index is -1.61. The van der Waals surface area contributed by atoms with Gasteiger partial charge >= 0.3 is 5.97 Å². The number of furan rings is 1. The van der Waals surface area contributed by atoms with Gasteiger partial charge in [0.1, 0.15) is 48.1 Å². The third kappa shape index (κ3) is 18.7. The molecule has 8 atom stereocenters. The van der Waals surface area contributed by atoms with E-state index in [4.69, 9.17) is 15.9 Å². The van der Waals surface area contributed by atoms with E-state index in [0.717, 1.165) is 0 Å². The highest BCUT2D eigenvalue weighted by molar-refractivity contribution is 5.98. The normalized spacial score (nSPS) is 14.6. The monoisotopic (exact) mass is 945 g/mol. The van der Waals surface area contributed by atoms with Crippen molar-refractivity contribution in [3.63, 3.8) is 0 Å². The van der Waals surface area contributed by atoms with Gasteiger partial charge in [-0.05, 0) is 60.9 Å².